The van der Waals surface area contributed by atoms with E-state index in [1.54, 1.807) is 48.2 Å². The summed E-state index contributed by atoms with van der Waals surface area (Å²) in [7, 11) is 3.45. The first-order valence-corrected chi connectivity index (χ1v) is 13.4. The van der Waals surface area contributed by atoms with Gasteiger partial charge < -0.3 is 20.6 Å². The van der Waals surface area contributed by atoms with Crippen molar-refractivity contribution in [2.45, 2.75) is 44.6 Å². The quantitative estimate of drug-likeness (QED) is 0.263. The molecule has 1 aliphatic rings. The Bertz CT molecular complexity index is 1230. The molecule has 1 aliphatic heterocycles. The smallest absolute Gasteiger partial charge is 0.326 e. The maximum atomic E-state index is 12.5. The molecule has 3 aromatic rings. The molecule has 3 N–H and O–H groups in total. The number of carbonyl (C=O) groups excluding carboxylic acids is 1. The van der Waals surface area contributed by atoms with Crippen molar-refractivity contribution in [3.05, 3.63) is 54.2 Å². The van der Waals surface area contributed by atoms with E-state index in [1.807, 2.05) is 4.90 Å². The minimum Gasteiger partial charge on any atom is -0.480 e. The zero-order valence-corrected chi connectivity index (χ0v) is 22.6. The fourth-order valence-electron chi connectivity index (χ4n) is 4.46. The number of anilines is 2. The van der Waals surface area contributed by atoms with Crippen molar-refractivity contribution in [1.82, 2.24) is 34.5 Å². The van der Waals surface area contributed by atoms with Crippen LogP contribution in [0.5, 0.6) is 0 Å². The summed E-state index contributed by atoms with van der Waals surface area (Å²) < 4.78 is 1.58. The fraction of sp³-hybridized carbons (Fsp3) is 0.481. The number of carbonyl (C=O) groups is 2. The zero-order chi connectivity index (χ0) is 27.6. The normalized spacial score (nSPS) is 13.4. The minimum absolute atomic E-state index is 0.0167. The van der Waals surface area contributed by atoms with Crippen molar-refractivity contribution >= 4 is 23.5 Å². The van der Waals surface area contributed by atoms with Crippen molar-refractivity contribution < 1.29 is 14.7 Å². The van der Waals surface area contributed by atoms with E-state index >= 15 is 0 Å². The standard InChI is InChI=1S/C27H37N9O3/c1-34(2)25(37)18-35(14-4-3-8-21-10-9-20-7-5-12-28-26(20)32-21)16-11-22(27(38)39)33-23-17-24(30-19-29-23)36-15-6-13-31-36/h6,9-10,13,15,17,19,22H,3-5,7-8,11-12,14,16,18H2,1-2H3,(H,28,32)(H,38,39)(H,29,30,33)/t22-/m0/s1. The Morgan fingerprint density at radius 1 is 1.21 bits per heavy atom. The van der Waals surface area contributed by atoms with E-state index in [1.165, 1.54) is 11.9 Å². The SMILES string of the molecule is CN(C)C(=O)CN(CCCCc1ccc2c(n1)NCCC2)CC[C@H](Nc1cc(-n2cccn2)ncn1)C(=O)O. The molecule has 0 aliphatic carbocycles. The molecule has 0 fully saturated rings. The van der Waals surface area contributed by atoms with E-state index in [0.29, 0.717) is 31.1 Å². The lowest BCUT2D eigenvalue weighted by Crippen LogP contribution is -2.40. The average molecular weight is 536 g/mol. The van der Waals surface area contributed by atoms with Crippen molar-refractivity contribution in [3.8, 4) is 5.82 Å². The molecule has 3 aromatic heterocycles. The number of hydrogen-bond acceptors (Lipinski definition) is 9. The van der Waals surface area contributed by atoms with Crippen LogP contribution >= 0.6 is 0 Å². The highest BCUT2D eigenvalue weighted by Gasteiger charge is 2.21. The highest BCUT2D eigenvalue weighted by molar-refractivity contribution is 5.78. The number of aromatic nitrogens is 5. The Labute approximate surface area is 228 Å². The van der Waals surface area contributed by atoms with Crippen LogP contribution in [0.25, 0.3) is 5.82 Å². The number of carboxylic acids is 1. The van der Waals surface area contributed by atoms with Gasteiger partial charge in [-0.3, -0.25) is 9.69 Å². The molecular weight excluding hydrogens is 498 g/mol. The monoisotopic (exact) mass is 535 g/mol. The molecule has 1 atom stereocenters. The van der Waals surface area contributed by atoms with E-state index in [-0.39, 0.29) is 12.5 Å². The van der Waals surface area contributed by atoms with Crippen molar-refractivity contribution in [3.63, 3.8) is 0 Å². The van der Waals surface area contributed by atoms with Crippen LogP contribution in [0.2, 0.25) is 0 Å². The van der Waals surface area contributed by atoms with Crippen LogP contribution < -0.4 is 10.6 Å². The third-order valence-corrected chi connectivity index (χ3v) is 6.71. The topological polar surface area (TPSA) is 141 Å². The van der Waals surface area contributed by atoms with E-state index in [4.69, 9.17) is 4.98 Å². The summed E-state index contributed by atoms with van der Waals surface area (Å²) in [4.78, 5) is 41.2. The number of hydrogen-bond donors (Lipinski definition) is 3. The number of carboxylic acid groups (broad SMARTS) is 1. The number of unbranched alkanes of at least 4 members (excludes halogenated alkanes) is 1. The molecule has 0 radical (unpaired) electrons. The van der Waals surface area contributed by atoms with Crippen molar-refractivity contribution in [2.24, 2.45) is 0 Å². The lowest BCUT2D eigenvalue weighted by molar-refractivity contribution is -0.138. The predicted molar refractivity (Wildman–Crippen MR) is 148 cm³/mol. The first-order chi connectivity index (χ1) is 18.9. The number of pyridine rings is 1. The summed E-state index contributed by atoms with van der Waals surface area (Å²) in [6.45, 7) is 2.33. The summed E-state index contributed by atoms with van der Waals surface area (Å²) in [6, 6.07) is 6.82. The minimum atomic E-state index is -0.986. The number of nitrogens with one attached hydrogen (secondary N) is 2. The van der Waals surface area contributed by atoms with Gasteiger partial charge in [0.2, 0.25) is 5.91 Å². The molecular formula is C27H37N9O3. The number of amides is 1. The third kappa shape index (κ3) is 8.21. The van der Waals surface area contributed by atoms with Gasteiger partial charge in [0.05, 0.1) is 6.54 Å². The highest BCUT2D eigenvalue weighted by atomic mass is 16.4. The largest absolute Gasteiger partial charge is 0.480 e. The van der Waals surface area contributed by atoms with Gasteiger partial charge in [0.25, 0.3) is 0 Å². The molecule has 1 amide bonds. The Morgan fingerprint density at radius 3 is 2.85 bits per heavy atom. The number of likely N-dealkylation sites (N-methyl/N-ethyl adjacent to an activating group) is 1. The second-order valence-electron chi connectivity index (χ2n) is 9.90. The second-order valence-corrected chi connectivity index (χ2v) is 9.90. The molecule has 0 bridgehead atoms. The predicted octanol–water partition coefficient (Wildman–Crippen LogP) is 2.08. The Morgan fingerprint density at radius 2 is 2.08 bits per heavy atom. The number of rotatable bonds is 14. The number of aryl methyl sites for hydroxylation is 2. The average Bonchev–Trinajstić information content (AvgIpc) is 3.48. The molecule has 0 spiro atoms. The van der Waals surface area contributed by atoms with E-state index < -0.39 is 12.0 Å². The van der Waals surface area contributed by atoms with Gasteiger partial charge in [0.1, 0.15) is 24.0 Å². The van der Waals surface area contributed by atoms with Crippen LogP contribution in [0.3, 0.4) is 0 Å². The molecule has 0 saturated heterocycles. The van der Waals surface area contributed by atoms with Crippen LogP contribution in [-0.2, 0) is 22.4 Å². The highest BCUT2D eigenvalue weighted by Crippen LogP contribution is 2.20. The summed E-state index contributed by atoms with van der Waals surface area (Å²) >= 11 is 0. The third-order valence-electron chi connectivity index (χ3n) is 6.71. The van der Waals surface area contributed by atoms with E-state index in [9.17, 15) is 14.7 Å². The van der Waals surface area contributed by atoms with Crippen LogP contribution in [0.4, 0.5) is 11.6 Å². The maximum Gasteiger partial charge on any atom is 0.326 e. The fourth-order valence-corrected chi connectivity index (χ4v) is 4.46. The van der Waals surface area contributed by atoms with Gasteiger partial charge in [-0.25, -0.2) is 24.4 Å². The van der Waals surface area contributed by atoms with Crippen LogP contribution in [-0.4, -0.2) is 97.8 Å². The van der Waals surface area contributed by atoms with Gasteiger partial charge in [-0.15, -0.1) is 0 Å². The van der Waals surface area contributed by atoms with Crippen LogP contribution in [0.15, 0.2) is 43.0 Å². The molecule has 208 valence electrons. The van der Waals surface area contributed by atoms with Gasteiger partial charge in [0, 0.05) is 51.3 Å². The molecule has 0 aromatic carbocycles. The van der Waals surface area contributed by atoms with Crippen molar-refractivity contribution in [1.29, 1.82) is 0 Å². The first-order valence-electron chi connectivity index (χ1n) is 13.4. The zero-order valence-electron chi connectivity index (χ0n) is 22.6. The maximum absolute atomic E-state index is 12.5. The Hall–Kier alpha value is -4.06. The summed E-state index contributed by atoms with van der Waals surface area (Å²) in [6.07, 6.45) is 9.92. The lowest BCUT2D eigenvalue weighted by Gasteiger charge is -2.25. The molecule has 0 unspecified atom stereocenters. The van der Waals surface area contributed by atoms with Gasteiger partial charge in [-0.05, 0) is 62.8 Å². The van der Waals surface area contributed by atoms with Gasteiger partial charge >= 0.3 is 5.97 Å². The molecule has 12 nitrogen and oxygen atoms in total. The molecule has 0 saturated carbocycles. The molecule has 4 heterocycles. The second kappa shape index (κ2) is 13.7. The first kappa shape index (κ1) is 28.0. The number of aliphatic carboxylic acids is 1. The molecule has 12 heteroatoms. The van der Waals surface area contributed by atoms with Crippen molar-refractivity contribution in [2.75, 3.05) is 50.9 Å². The summed E-state index contributed by atoms with van der Waals surface area (Å²) in [5, 5.41) is 20.4. The lowest BCUT2D eigenvalue weighted by atomic mass is 10.1. The Balaban J connectivity index is 1.32. The molecule has 39 heavy (non-hydrogen) atoms. The summed E-state index contributed by atoms with van der Waals surface area (Å²) in [5.74, 6) is 0.927. The van der Waals surface area contributed by atoms with Gasteiger partial charge in [-0.2, -0.15) is 5.10 Å². The van der Waals surface area contributed by atoms with Gasteiger partial charge in [0.15, 0.2) is 5.82 Å². The summed E-state index contributed by atoms with van der Waals surface area (Å²) in [5.41, 5.74) is 2.34. The number of fused-ring (bicyclic) bond motifs is 1. The van der Waals surface area contributed by atoms with Crippen LogP contribution in [0, 0.1) is 0 Å². The number of nitrogens with zero attached hydrogens (tertiary/aromatic N) is 7. The molecule has 4 rings (SSSR count). The van der Waals surface area contributed by atoms with E-state index in [0.717, 1.165) is 50.2 Å². The Kier molecular flexibility index (Phi) is 9.79. The van der Waals surface area contributed by atoms with Gasteiger partial charge in [-0.1, -0.05) is 6.07 Å². The van der Waals surface area contributed by atoms with Crippen LogP contribution in [0.1, 0.15) is 36.9 Å². The van der Waals surface area contributed by atoms with E-state index in [2.05, 4.69) is 37.8 Å².